The van der Waals surface area contributed by atoms with Gasteiger partial charge in [0.05, 0.1) is 12.1 Å². The molecule has 112 valence electrons. The molecule has 0 aliphatic carbocycles. The fourth-order valence-corrected chi connectivity index (χ4v) is 2.39. The molecule has 0 N–H and O–H groups in total. The fourth-order valence-electron chi connectivity index (χ4n) is 2.03. The summed E-state index contributed by atoms with van der Waals surface area (Å²) in [5.41, 5.74) is 1.11. The van der Waals surface area contributed by atoms with Crippen molar-refractivity contribution in [3.8, 4) is 0 Å². The van der Waals surface area contributed by atoms with Gasteiger partial charge >= 0.3 is 5.97 Å². The first kappa shape index (κ1) is 15.7. The van der Waals surface area contributed by atoms with E-state index in [4.69, 9.17) is 4.74 Å². The van der Waals surface area contributed by atoms with Gasteiger partial charge in [0, 0.05) is 16.8 Å². The van der Waals surface area contributed by atoms with E-state index in [0.29, 0.717) is 12.3 Å². The quantitative estimate of drug-likeness (QED) is 0.454. The minimum Gasteiger partial charge on any atom is -0.464 e. The third-order valence-electron chi connectivity index (χ3n) is 3.09. The summed E-state index contributed by atoms with van der Waals surface area (Å²) in [6.45, 7) is 3.92. The van der Waals surface area contributed by atoms with Crippen molar-refractivity contribution in [3.63, 3.8) is 0 Å². The van der Waals surface area contributed by atoms with E-state index < -0.39 is 0 Å². The lowest BCUT2D eigenvalue weighted by Gasteiger charge is -2.05. The number of ether oxygens (including phenoxy) is 1. The van der Waals surface area contributed by atoms with Gasteiger partial charge in [-0.3, -0.25) is 14.3 Å². The standard InChI is InChI=1S/C15H17BrN2O3/c1-3-4-7-21-14(20)9-18-13-6-5-11(16)8-12(13)15(17-18)10(2)19/h5-6,8H,3-4,7,9H2,1-2H3. The van der Waals surface area contributed by atoms with Crippen LogP contribution in [-0.2, 0) is 16.1 Å². The zero-order valence-electron chi connectivity index (χ0n) is 12.1. The zero-order chi connectivity index (χ0) is 15.4. The highest BCUT2D eigenvalue weighted by molar-refractivity contribution is 9.10. The van der Waals surface area contributed by atoms with Crippen LogP contribution in [-0.4, -0.2) is 28.1 Å². The summed E-state index contributed by atoms with van der Waals surface area (Å²) >= 11 is 3.38. The molecule has 0 aliphatic heterocycles. The molecule has 0 amide bonds. The maximum absolute atomic E-state index is 11.8. The Morgan fingerprint density at radius 1 is 1.38 bits per heavy atom. The van der Waals surface area contributed by atoms with Crippen LogP contribution < -0.4 is 0 Å². The number of carbonyl (C=O) groups is 2. The van der Waals surface area contributed by atoms with E-state index >= 15 is 0 Å². The number of aromatic nitrogens is 2. The third-order valence-corrected chi connectivity index (χ3v) is 3.58. The number of unbranched alkanes of at least 4 members (excludes halogenated alkanes) is 1. The average Bonchev–Trinajstić information content (AvgIpc) is 2.77. The number of ketones is 1. The van der Waals surface area contributed by atoms with Crippen LogP contribution in [0.1, 0.15) is 37.2 Å². The van der Waals surface area contributed by atoms with Crippen LogP contribution in [0, 0.1) is 0 Å². The predicted octanol–water partition coefficient (Wildman–Crippen LogP) is 3.34. The highest BCUT2D eigenvalue weighted by atomic mass is 79.9. The Balaban J connectivity index is 2.28. The minimum absolute atomic E-state index is 0.00905. The minimum atomic E-state index is -0.342. The second kappa shape index (κ2) is 6.85. The Hall–Kier alpha value is -1.69. The molecule has 0 fully saturated rings. The summed E-state index contributed by atoms with van der Waals surface area (Å²) in [7, 11) is 0. The lowest BCUT2D eigenvalue weighted by Crippen LogP contribution is -2.15. The number of esters is 1. The van der Waals surface area contributed by atoms with Crippen LogP contribution in [0.5, 0.6) is 0 Å². The topological polar surface area (TPSA) is 61.2 Å². The van der Waals surface area contributed by atoms with E-state index in [-0.39, 0.29) is 18.3 Å². The van der Waals surface area contributed by atoms with Gasteiger partial charge in [0.1, 0.15) is 12.2 Å². The van der Waals surface area contributed by atoms with E-state index in [2.05, 4.69) is 21.0 Å². The molecular formula is C15H17BrN2O3. The molecule has 2 aromatic rings. The van der Waals surface area contributed by atoms with E-state index in [0.717, 1.165) is 28.2 Å². The summed E-state index contributed by atoms with van der Waals surface area (Å²) < 4.78 is 7.52. The second-order valence-electron chi connectivity index (χ2n) is 4.80. The molecule has 0 radical (unpaired) electrons. The second-order valence-corrected chi connectivity index (χ2v) is 5.71. The first-order valence-electron chi connectivity index (χ1n) is 6.85. The molecule has 1 aromatic heterocycles. The van der Waals surface area contributed by atoms with Gasteiger partial charge in [-0.1, -0.05) is 29.3 Å². The summed E-state index contributed by atoms with van der Waals surface area (Å²) in [5.74, 6) is -0.470. The van der Waals surface area contributed by atoms with Crippen LogP contribution in [0.4, 0.5) is 0 Å². The largest absolute Gasteiger partial charge is 0.464 e. The first-order chi connectivity index (χ1) is 10.0. The van der Waals surface area contributed by atoms with Gasteiger partial charge in [0.25, 0.3) is 0 Å². The zero-order valence-corrected chi connectivity index (χ0v) is 13.6. The van der Waals surface area contributed by atoms with Gasteiger partial charge in [0.15, 0.2) is 5.78 Å². The Morgan fingerprint density at radius 3 is 2.81 bits per heavy atom. The fraction of sp³-hybridized carbons (Fsp3) is 0.400. The molecule has 0 saturated heterocycles. The summed E-state index contributed by atoms with van der Waals surface area (Å²) in [6, 6.07) is 5.52. The monoisotopic (exact) mass is 352 g/mol. The van der Waals surface area contributed by atoms with Crippen molar-refractivity contribution in [1.82, 2.24) is 9.78 Å². The van der Waals surface area contributed by atoms with Crippen LogP contribution >= 0.6 is 15.9 Å². The van der Waals surface area contributed by atoms with Crippen molar-refractivity contribution in [1.29, 1.82) is 0 Å². The smallest absolute Gasteiger partial charge is 0.327 e. The van der Waals surface area contributed by atoms with E-state index in [1.165, 1.54) is 11.6 Å². The molecule has 2 rings (SSSR count). The van der Waals surface area contributed by atoms with Crippen LogP contribution in [0.2, 0.25) is 0 Å². The van der Waals surface area contributed by atoms with E-state index in [1.807, 2.05) is 25.1 Å². The molecule has 0 saturated carbocycles. The van der Waals surface area contributed by atoms with Crippen molar-refractivity contribution in [3.05, 3.63) is 28.4 Å². The Morgan fingerprint density at radius 2 is 2.14 bits per heavy atom. The molecule has 21 heavy (non-hydrogen) atoms. The number of carbonyl (C=O) groups excluding carboxylic acids is 2. The molecular weight excluding hydrogens is 336 g/mol. The average molecular weight is 353 g/mol. The number of rotatable bonds is 6. The maximum atomic E-state index is 11.8. The molecule has 5 nitrogen and oxygen atoms in total. The lowest BCUT2D eigenvalue weighted by molar-refractivity contribution is -0.144. The molecule has 0 unspecified atom stereocenters. The van der Waals surface area contributed by atoms with Crippen molar-refractivity contribution in [2.24, 2.45) is 0 Å². The van der Waals surface area contributed by atoms with Crippen LogP contribution in [0.15, 0.2) is 22.7 Å². The molecule has 0 atom stereocenters. The molecule has 0 bridgehead atoms. The molecule has 0 spiro atoms. The molecule has 1 aromatic carbocycles. The first-order valence-corrected chi connectivity index (χ1v) is 7.65. The SMILES string of the molecule is CCCCOC(=O)Cn1nc(C(C)=O)c2cc(Br)ccc21. The van der Waals surface area contributed by atoms with Crippen molar-refractivity contribution in [2.45, 2.75) is 33.2 Å². The van der Waals surface area contributed by atoms with E-state index in [1.54, 1.807) is 0 Å². The lowest BCUT2D eigenvalue weighted by atomic mass is 10.2. The van der Waals surface area contributed by atoms with Crippen molar-refractivity contribution >= 4 is 38.6 Å². The highest BCUT2D eigenvalue weighted by Crippen LogP contribution is 2.23. The highest BCUT2D eigenvalue weighted by Gasteiger charge is 2.16. The van der Waals surface area contributed by atoms with Gasteiger partial charge in [-0.2, -0.15) is 5.10 Å². The summed E-state index contributed by atoms with van der Waals surface area (Å²) in [4.78, 5) is 23.5. The predicted molar refractivity (Wildman–Crippen MR) is 83.3 cm³/mol. The Bertz CT molecular complexity index is 679. The number of halogens is 1. The van der Waals surface area contributed by atoms with Crippen LogP contribution in [0.25, 0.3) is 10.9 Å². The third kappa shape index (κ3) is 3.69. The Kier molecular flexibility index (Phi) is 5.12. The maximum Gasteiger partial charge on any atom is 0.327 e. The van der Waals surface area contributed by atoms with Crippen LogP contribution in [0.3, 0.4) is 0 Å². The number of Topliss-reactive ketones (excluding diaryl/α,β-unsaturated/α-hetero) is 1. The van der Waals surface area contributed by atoms with Gasteiger partial charge < -0.3 is 4.74 Å². The molecule has 0 aliphatic rings. The van der Waals surface area contributed by atoms with Gasteiger partial charge in [-0.25, -0.2) is 0 Å². The number of hydrogen-bond donors (Lipinski definition) is 0. The van der Waals surface area contributed by atoms with Gasteiger partial charge in [0.2, 0.25) is 0 Å². The number of benzene rings is 1. The van der Waals surface area contributed by atoms with Gasteiger partial charge in [-0.15, -0.1) is 0 Å². The summed E-state index contributed by atoms with van der Waals surface area (Å²) in [6.07, 6.45) is 1.82. The normalized spacial score (nSPS) is 10.8. The van der Waals surface area contributed by atoms with Gasteiger partial charge in [-0.05, 0) is 24.6 Å². The molecule has 6 heteroatoms. The Labute approximate surface area is 131 Å². The number of hydrogen-bond acceptors (Lipinski definition) is 4. The summed E-state index contributed by atoms with van der Waals surface area (Å²) in [5, 5.41) is 4.98. The van der Waals surface area contributed by atoms with E-state index in [9.17, 15) is 9.59 Å². The number of nitrogens with zero attached hydrogens (tertiary/aromatic N) is 2. The number of fused-ring (bicyclic) bond motifs is 1. The van der Waals surface area contributed by atoms with Crippen molar-refractivity contribution < 1.29 is 14.3 Å². The van der Waals surface area contributed by atoms with Crippen molar-refractivity contribution in [2.75, 3.05) is 6.61 Å². The molecule has 1 heterocycles.